The molecule has 0 bridgehead atoms. The summed E-state index contributed by atoms with van der Waals surface area (Å²) in [4.78, 5) is 24.6. The van der Waals surface area contributed by atoms with Gasteiger partial charge in [-0.05, 0) is 18.2 Å². The number of amides is 2. The van der Waals surface area contributed by atoms with E-state index in [1.54, 1.807) is 38.4 Å². The lowest BCUT2D eigenvalue weighted by atomic mass is 10.1. The fraction of sp³-hybridized carbons (Fsp3) is 0.286. The number of hydrogen-bond donors (Lipinski definition) is 2. The summed E-state index contributed by atoms with van der Waals surface area (Å²) in [6, 6.07) is 6.87. The van der Waals surface area contributed by atoms with Gasteiger partial charge in [-0.2, -0.15) is 0 Å². The van der Waals surface area contributed by atoms with E-state index < -0.39 is 0 Å². The van der Waals surface area contributed by atoms with Crippen molar-refractivity contribution in [2.75, 3.05) is 27.2 Å². The number of hydrogen-bond acceptors (Lipinski definition) is 3. The molecular weight excluding hydrogens is 242 g/mol. The Morgan fingerprint density at radius 3 is 2.74 bits per heavy atom. The molecule has 1 rings (SSSR count). The van der Waals surface area contributed by atoms with Crippen LogP contribution >= 0.6 is 0 Å². The maximum absolute atomic E-state index is 11.8. The molecule has 1 aromatic rings. The Hall–Kier alpha value is -2.32. The van der Waals surface area contributed by atoms with E-state index in [-0.39, 0.29) is 24.9 Å². The van der Waals surface area contributed by atoms with E-state index in [0.29, 0.717) is 5.56 Å². The molecule has 3 N–H and O–H groups in total. The van der Waals surface area contributed by atoms with Crippen molar-refractivity contribution in [1.29, 1.82) is 0 Å². The zero-order chi connectivity index (χ0) is 14.3. The van der Waals surface area contributed by atoms with E-state index in [0.717, 1.165) is 5.56 Å². The van der Waals surface area contributed by atoms with E-state index in [2.05, 4.69) is 17.2 Å². The van der Waals surface area contributed by atoms with Gasteiger partial charge in [0.2, 0.25) is 5.91 Å². The van der Waals surface area contributed by atoms with E-state index in [9.17, 15) is 9.59 Å². The van der Waals surface area contributed by atoms with Gasteiger partial charge < -0.3 is 16.0 Å². The number of carbonyl (C=O) groups is 2. The molecule has 5 heteroatoms. The Morgan fingerprint density at radius 1 is 1.37 bits per heavy atom. The van der Waals surface area contributed by atoms with Crippen LogP contribution in [0.3, 0.4) is 0 Å². The second kappa shape index (κ2) is 7.19. The summed E-state index contributed by atoms with van der Waals surface area (Å²) in [7, 11) is 3.27. The lowest BCUT2D eigenvalue weighted by molar-refractivity contribution is -0.127. The molecule has 0 aliphatic heterocycles. The van der Waals surface area contributed by atoms with Crippen molar-refractivity contribution in [3.05, 3.63) is 35.4 Å². The standard InChI is InChI=1S/C14H17N3O2/c1-17(2)13(18)10-16-14(19)12-7-3-5-11(9-12)6-4-8-15/h3,5,7,9H,8,10,15H2,1-2H3,(H,16,19). The third-order valence-electron chi connectivity index (χ3n) is 2.36. The van der Waals surface area contributed by atoms with Crippen molar-refractivity contribution < 1.29 is 9.59 Å². The summed E-state index contributed by atoms with van der Waals surface area (Å²) >= 11 is 0. The first-order valence-corrected chi connectivity index (χ1v) is 5.82. The fourth-order valence-corrected chi connectivity index (χ4v) is 1.31. The molecule has 0 aliphatic rings. The smallest absolute Gasteiger partial charge is 0.251 e. The zero-order valence-corrected chi connectivity index (χ0v) is 11.1. The molecule has 0 aliphatic carbocycles. The number of benzene rings is 1. The van der Waals surface area contributed by atoms with Gasteiger partial charge in [-0.15, -0.1) is 0 Å². The molecule has 0 spiro atoms. The molecule has 0 atom stereocenters. The average molecular weight is 259 g/mol. The summed E-state index contributed by atoms with van der Waals surface area (Å²) in [6.07, 6.45) is 0. The van der Waals surface area contributed by atoms with Crippen LogP contribution in [0.5, 0.6) is 0 Å². The van der Waals surface area contributed by atoms with Gasteiger partial charge in [0.25, 0.3) is 5.91 Å². The summed E-state index contributed by atoms with van der Waals surface area (Å²) in [5.74, 6) is 5.11. The predicted molar refractivity (Wildman–Crippen MR) is 73.4 cm³/mol. The molecule has 0 radical (unpaired) electrons. The molecule has 0 unspecified atom stereocenters. The average Bonchev–Trinajstić information content (AvgIpc) is 2.42. The molecule has 100 valence electrons. The third-order valence-corrected chi connectivity index (χ3v) is 2.36. The van der Waals surface area contributed by atoms with E-state index in [1.807, 2.05) is 0 Å². The molecule has 19 heavy (non-hydrogen) atoms. The Bertz CT molecular complexity index is 527. The van der Waals surface area contributed by atoms with Gasteiger partial charge >= 0.3 is 0 Å². The second-order valence-corrected chi connectivity index (χ2v) is 4.06. The maximum Gasteiger partial charge on any atom is 0.251 e. The molecule has 0 aromatic heterocycles. The molecule has 0 saturated heterocycles. The van der Waals surface area contributed by atoms with Crippen molar-refractivity contribution in [3.63, 3.8) is 0 Å². The van der Waals surface area contributed by atoms with Crippen molar-refractivity contribution in [1.82, 2.24) is 10.2 Å². The first kappa shape index (κ1) is 14.7. The highest BCUT2D eigenvalue weighted by atomic mass is 16.2. The topological polar surface area (TPSA) is 75.4 Å². The van der Waals surface area contributed by atoms with E-state index >= 15 is 0 Å². The lowest BCUT2D eigenvalue weighted by Crippen LogP contribution is -2.36. The minimum absolute atomic E-state index is 0.0233. The molecule has 1 aromatic carbocycles. The predicted octanol–water partition coefficient (Wildman–Crippen LogP) is -0.185. The van der Waals surface area contributed by atoms with Crippen LogP contribution in [0.4, 0.5) is 0 Å². The summed E-state index contributed by atoms with van der Waals surface area (Å²) in [6.45, 7) is 0.248. The molecule has 2 amide bonds. The largest absolute Gasteiger partial charge is 0.347 e. The third kappa shape index (κ3) is 4.82. The van der Waals surface area contributed by atoms with Crippen LogP contribution in [0.15, 0.2) is 24.3 Å². The first-order valence-electron chi connectivity index (χ1n) is 5.82. The van der Waals surface area contributed by atoms with Crippen LogP contribution < -0.4 is 11.1 Å². The number of likely N-dealkylation sites (N-methyl/N-ethyl adjacent to an activating group) is 1. The number of nitrogens with one attached hydrogen (secondary N) is 1. The molecule has 0 fully saturated rings. The quantitative estimate of drug-likeness (QED) is 0.739. The van der Waals surface area contributed by atoms with Crippen LogP contribution in [0.1, 0.15) is 15.9 Å². The van der Waals surface area contributed by atoms with E-state index in [1.165, 1.54) is 4.90 Å². The number of nitrogens with two attached hydrogens (primary N) is 1. The highest BCUT2D eigenvalue weighted by Crippen LogP contribution is 2.03. The Kier molecular flexibility index (Phi) is 5.58. The monoisotopic (exact) mass is 259 g/mol. The van der Waals surface area contributed by atoms with Gasteiger partial charge in [-0.1, -0.05) is 17.9 Å². The summed E-state index contributed by atoms with van der Waals surface area (Å²) < 4.78 is 0. The molecular formula is C14H17N3O2. The molecule has 0 saturated carbocycles. The normalized spacial score (nSPS) is 9.21. The number of carbonyl (C=O) groups excluding carboxylic acids is 2. The Balaban J connectivity index is 2.69. The summed E-state index contributed by atoms with van der Waals surface area (Å²) in [5.41, 5.74) is 6.48. The lowest BCUT2D eigenvalue weighted by Gasteiger charge is -2.10. The number of nitrogens with zero attached hydrogens (tertiary/aromatic N) is 1. The van der Waals surface area contributed by atoms with Gasteiger partial charge in [-0.3, -0.25) is 9.59 Å². The van der Waals surface area contributed by atoms with Crippen molar-refractivity contribution in [2.24, 2.45) is 5.73 Å². The number of rotatable bonds is 3. The summed E-state index contributed by atoms with van der Waals surface area (Å²) in [5, 5.41) is 2.56. The molecule has 0 heterocycles. The minimum Gasteiger partial charge on any atom is -0.347 e. The second-order valence-electron chi connectivity index (χ2n) is 4.06. The van der Waals surface area contributed by atoms with Crippen molar-refractivity contribution in [2.45, 2.75) is 0 Å². The highest BCUT2D eigenvalue weighted by Gasteiger charge is 2.09. The molecule has 5 nitrogen and oxygen atoms in total. The van der Waals surface area contributed by atoms with Gasteiger partial charge in [-0.25, -0.2) is 0 Å². The maximum atomic E-state index is 11.8. The highest BCUT2D eigenvalue weighted by molar-refractivity contribution is 5.96. The van der Waals surface area contributed by atoms with Gasteiger partial charge in [0.1, 0.15) is 0 Å². The Morgan fingerprint density at radius 2 is 2.11 bits per heavy atom. The van der Waals surface area contributed by atoms with Crippen LogP contribution in [0.25, 0.3) is 0 Å². The van der Waals surface area contributed by atoms with Crippen LogP contribution in [-0.2, 0) is 4.79 Å². The Labute approximate surface area is 112 Å². The van der Waals surface area contributed by atoms with Gasteiger partial charge in [0.15, 0.2) is 0 Å². The van der Waals surface area contributed by atoms with E-state index in [4.69, 9.17) is 5.73 Å². The van der Waals surface area contributed by atoms with Crippen molar-refractivity contribution >= 4 is 11.8 Å². The van der Waals surface area contributed by atoms with Crippen LogP contribution in [0.2, 0.25) is 0 Å². The van der Waals surface area contributed by atoms with Gasteiger partial charge in [0, 0.05) is 25.2 Å². The zero-order valence-electron chi connectivity index (χ0n) is 11.1. The van der Waals surface area contributed by atoms with Crippen molar-refractivity contribution in [3.8, 4) is 11.8 Å². The van der Waals surface area contributed by atoms with Gasteiger partial charge in [0.05, 0.1) is 13.1 Å². The first-order chi connectivity index (χ1) is 9.04. The SMILES string of the molecule is CN(C)C(=O)CNC(=O)c1cccc(C#CCN)c1. The van der Waals surface area contributed by atoms with Crippen LogP contribution in [-0.4, -0.2) is 43.9 Å². The van der Waals surface area contributed by atoms with Crippen LogP contribution in [0, 0.1) is 11.8 Å². The minimum atomic E-state index is -0.299. The fourth-order valence-electron chi connectivity index (χ4n) is 1.31.